The molecule has 0 aliphatic rings. The number of halogens is 1. The van der Waals surface area contributed by atoms with Gasteiger partial charge >= 0.3 is 0 Å². The second-order valence-corrected chi connectivity index (χ2v) is 5.90. The Morgan fingerprint density at radius 1 is 1.33 bits per heavy atom. The van der Waals surface area contributed by atoms with Gasteiger partial charge in [-0.2, -0.15) is 0 Å². The van der Waals surface area contributed by atoms with Crippen molar-refractivity contribution in [2.75, 3.05) is 25.4 Å². The van der Waals surface area contributed by atoms with Crippen molar-refractivity contribution in [3.63, 3.8) is 0 Å². The van der Waals surface area contributed by atoms with Gasteiger partial charge in [0, 0.05) is 23.2 Å². The smallest absolute Gasteiger partial charge is 0.0545 e. The van der Waals surface area contributed by atoms with Crippen molar-refractivity contribution in [3.05, 3.63) is 28.8 Å². The van der Waals surface area contributed by atoms with Crippen LogP contribution in [0.4, 0.5) is 0 Å². The summed E-state index contributed by atoms with van der Waals surface area (Å²) in [7, 11) is 0. The van der Waals surface area contributed by atoms with Gasteiger partial charge in [0.25, 0.3) is 0 Å². The second-order valence-electron chi connectivity index (χ2n) is 4.35. The molecule has 1 unspecified atom stereocenters. The lowest BCUT2D eigenvalue weighted by Gasteiger charge is -2.17. The molecule has 0 radical (unpaired) electrons. The average Bonchev–Trinajstić information content (AvgIpc) is 2.36. The fourth-order valence-electron chi connectivity index (χ4n) is 1.74. The molecule has 0 fully saturated rings. The first kappa shape index (κ1) is 15.8. The molecular formula is C14H23ClN2S. The SMILES string of the molecule is CCN(CC)CCSc1ccc(C(C)N)cc1Cl. The van der Waals surface area contributed by atoms with Crippen LogP contribution >= 0.6 is 23.4 Å². The fourth-order valence-corrected chi connectivity index (χ4v) is 3.03. The zero-order valence-electron chi connectivity index (χ0n) is 11.4. The Morgan fingerprint density at radius 3 is 2.50 bits per heavy atom. The van der Waals surface area contributed by atoms with Gasteiger partial charge in [-0.15, -0.1) is 11.8 Å². The van der Waals surface area contributed by atoms with Crippen molar-refractivity contribution < 1.29 is 0 Å². The lowest BCUT2D eigenvalue weighted by atomic mass is 10.1. The minimum Gasteiger partial charge on any atom is -0.324 e. The molecule has 1 aromatic carbocycles. The minimum absolute atomic E-state index is 0.0391. The van der Waals surface area contributed by atoms with E-state index in [0.717, 1.165) is 40.9 Å². The minimum atomic E-state index is 0.0391. The summed E-state index contributed by atoms with van der Waals surface area (Å²) in [6.07, 6.45) is 0. The average molecular weight is 287 g/mol. The molecule has 1 atom stereocenters. The highest BCUT2D eigenvalue weighted by Crippen LogP contribution is 2.29. The standard InChI is InChI=1S/C14H23ClN2S/c1-4-17(5-2)8-9-18-14-7-6-12(11(3)16)10-13(14)15/h6-7,10-11H,4-5,8-9,16H2,1-3H3. The molecule has 0 heterocycles. The third kappa shape index (κ3) is 4.81. The van der Waals surface area contributed by atoms with E-state index < -0.39 is 0 Å². The van der Waals surface area contributed by atoms with Gasteiger partial charge in [0.15, 0.2) is 0 Å². The lowest BCUT2D eigenvalue weighted by molar-refractivity contribution is 0.324. The highest BCUT2D eigenvalue weighted by atomic mass is 35.5. The van der Waals surface area contributed by atoms with Crippen LogP contribution in [0, 0.1) is 0 Å². The van der Waals surface area contributed by atoms with Crippen molar-refractivity contribution in [3.8, 4) is 0 Å². The molecule has 4 heteroatoms. The molecule has 0 bridgehead atoms. The Morgan fingerprint density at radius 2 is 2.00 bits per heavy atom. The largest absolute Gasteiger partial charge is 0.324 e. The van der Waals surface area contributed by atoms with E-state index in [2.05, 4.69) is 30.9 Å². The van der Waals surface area contributed by atoms with E-state index in [-0.39, 0.29) is 6.04 Å². The first-order chi connectivity index (χ1) is 8.58. The summed E-state index contributed by atoms with van der Waals surface area (Å²) in [5.41, 5.74) is 6.93. The van der Waals surface area contributed by atoms with E-state index in [1.807, 2.05) is 24.8 Å². The monoisotopic (exact) mass is 286 g/mol. The summed E-state index contributed by atoms with van der Waals surface area (Å²) in [6.45, 7) is 9.67. The Bertz CT molecular complexity index is 365. The first-order valence-corrected chi connectivity index (χ1v) is 7.85. The highest BCUT2D eigenvalue weighted by molar-refractivity contribution is 7.99. The predicted octanol–water partition coefficient (Wildman–Crippen LogP) is 3.79. The van der Waals surface area contributed by atoms with Gasteiger partial charge in [0.2, 0.25) is 0 Å². The van der Waals surface area contributed by atoms with Crippen LogP contribution in [0.15, 0.2) is 23.1 Å². The molecule has 0 spiro atoms. The molecule has 1 aromatic rings. The molecule has 0 amide bonds. The highest BCUT2D eigenvalue weighted by Gasteiger charge is 2.06. The molecule has 0 aliphatic heterocycles. The van der Waals surface area contributed by atoms with Gasteiger partial charge in [-0.1, -0.05) is 31.5 Å². The molecule has 0 aromatic heterocycles. The van der Waals surface area contributed by atoms with Crippen LogP contribution in [0.2, 0.25) is 5.02 Å². The van der Waals surface area contributed by atoms with Gasteiger partial charge in [0.1, 0.15) is 0 Å². The summed E-state index contributed by atoms with van der Waals surface area (Å²) < 4.78 is 0. The zero-order valence-corrected chi connectivity index (χ0v) is 13.0. The van der Waals surface area contributed by atoms with Gasteiger partial charge in [-0.05, 0) is 37.7 Å². The van der Waals surface area contributed by atoms with Gasteiger partial charge in [0.05, 0.1) is 5.02 Å². The quantitative estimate of drug-likeness (QED) is 0.773. The van der Waals surface area contributed by atoms with Crippen LogP contribution < -0.4 is 5.73 Å². The molecule has 2 N–H and O–H groups in total. The van der Waals surface area contributed by atoms with Crippen molar-refractivity contribution in [1.29, 1.82) is 0 Å². The number of benzene rings is 1. The first-order valence-electron chi connectivity index (χ1n) is 6.48. The maximum Gasteiger partial charge on any atom is 0.0545 e. The summed E-state index contributed by atoms with van der Waals surface area (Å²) in [6, 6.07) is 6.16. The fraction of sp³-hybridized carbons (Fsp3) is 0.571. The van der Waals surface area contributed by atoms with Crippen LogP contribution in [-0.4, -0.2) is 30.3 Å². The molecule has 0 aliphatic carbocycles. The number of hydrogen-bond donors (Lipinski definition) is 1. The normalized spacial score (nSPS) is 13.0. The Labute approximate surface area is 120 Å². The van der Waals surface area contributed by atoms with Crippen molar-refractivity contribution >= 4 is 23.4 Å². The molecule has 0 saturated carbocycles. The van der Waals surface area contributed by atoms with Gasteiger partial charge in [-0.3, -0.25) is 0 Å². The van der Waals surface area contributed by atoms with Crippen LogP contribution in [0.5, 0.6) is 0 Å². The molecular weight excluding hydrogens is 264 g/mol. The Balaban J connectivity index is 2.53. The topological polar surface area (TPSA) is 29.3 Å². The Hall–Kier alpha value is -0.220. The summed E-state index contributed by atoms with van der Waals surface area (Å²) >= 11 is 8.08. The van der Waals surface area contributed by atoms with Crippen LogP contribution in [-0.2, 0) is 0 Å². The lowest BCUT2D eigenvalue weighted by Crippen LogP contribution is -2.25. The number of nitrogens with zero attached hydrogens (tertiary/aromatic N) is 1. The van der Waals surface area contributed by atoms with E-state index in [4.69, 9.17) is 17.3 Å². The third-order valence-electron chi connectivity index (χ3n) is 3.04. The number of thioether (sulfide) groups is 1. The van der Waals surface area contributed by atoms with Crippen LogP contribution in [0.1, 0.15) is 32.4 Å². The van der Waals surface area contributed by atoms with E-state index in [9.17, 15) is 0 Å². The number of rotatable bonds is 7. The van der Waals surface area contributed by atoms with Crippen LogP contribution in [0.3, 0.4) is 0 Å². The summed E-state index contributed by atoms with van der Waals surface area (Å²) in [4.78, 5) is 3.56. The molecule has 2 nitrogen and oxygen atoms in total. The third-order valence-corrected chi connectivity index (χ3v) is 4.52. The Kier molecular flexibility index (Phi) is 7.08. The predicted molar refractivity (Wildman–Crippen MR) is 82.6 cm³/mol. The van der Waals surface area contributed by atoms with E-state index in [1.54, 1.807) is 0 Å². The van der Waals surface area contributed by atoms with E-state index in [1.165, 1.54) is 0 Å². The summed E-state index contributed by atoms with van der Waals surface area (Å²) in [5, 5.41) is 0.814. The van der Waals surface area contributed by atoms with E-state index in [0.29, 0.717) is 0 Å². The number of hydrogen-bond acceptors (Lipinski definition) is 3. The maximum absolute atomic E-state index is 6.27. The molecule has 102 valence electrons. The molecule has 0 saturated heterocycles. The van der Waals surface area contributed by atoms with Crippen LogP contribution in [0.25, 0.3) is 0 Å². The van der Waals surface area contributed by atoms with Crippen molar-refractivity contribution in [1.82, 2.24) is 4.90 Å². The van der Waals surface area contributed by atoms with Gasteiger partial charge in [-0.25, -0.2) is 0 Å². The van der Waals surface area contributed by atoms with Gasteiger partial charge < -0.3 is 10.6 Å². The maximum atomic E-state index is 6.27. The summed E-state index contributed by atoms with van der Waals surface area (Å²) in [5.74, 6) is 1.07. The molecule has 1 rings (SSSR count). The van der Waals surface area contributed by atoms with Crippen molar-refractivity contribution in [2.45, 2.75) is 31.7 Å². The number of nitrogens with two attached hydrogens (primary N) is 1. The second kappa shape index (κ2) is 8.05. The van der Waals surface area contributed by atoms with Crippen molar-refractivity contribution in [2.24, 2.45) is 5.73 Å². The molecule has 18 heavy (non-hydrogen) atoms. The van der Waals surface area contributed by atoms with E-state index >= 15 is 0 Å². The zero-order chi connectivity index (χ0) is 13.5.